The Morgan fingerprint density at radius 1 is 0.900 bits per heavy atom. The van der Waals surface area contributed by atoms with E-state index in [4.69, 9.17) is 0 Å². The van der Waals surface area contributed by atoms with Crippen molar-refractivity contribution in [3.63, 3.8) is 0 Å². The number of hydrogen-bond donors (Lipinski definition) is 4. The molecule has 1 aliphatic rings. The molecule has 5 amide bonds. The third-order valence-electron chi connectivity index (χ3n) is 4.82. The number of anilines is 3. The van der Waals surface area contributed by atoms with Gasteiger partial charge in [0.15, 0.2) is 0 Å². The Balaban J connectivity index is 1.51. The fourth-order valence-electron chi connectivity index (χ4n) is 3.25. The minimum atomic E-state index is -0.466. The number of likely N-dealkylation sites (tertiary alicyclic amines) is 1. The molecular formula is C21H24FN5O3. The quantitative estimate of drug-likeness (QED) is 0.617. The number of carbonyl (C=O) groups is 3. The lowest BCUT2D eigenvalue weighted by molar-refractivity contribution is -0.125. The highest BCUT2D eigenvalue weighted by Crippen LogP contribution is 2.19. The normalized spacial score (nSPS) is 15.8. The highest BCUT2D eigenvalue weighted by molar-refractivity contribution is 6.00. The molecule has 0 spiro atoms. The maximum absolute atomic E-state index is 12.9. The largest absolute Gasteiger partial charge is 0.359 e. The van der Waals surface area contributed by atoms with Gasteiger partial charge in [-0.1, -0.05) is 0 Å². The Bertz CT molecular complexity index is 902. The molecule has 0 radical (unpaired) electrons. The summed E-state index contributed by atoms with van der Waals surface area (Å²) in [6.07, 6.45) is 1.54. The lowest BCUT2D eigenvalue weighted by atomic mass is 9.97. The zero-order chi connectivity index (χ0) is 21.5. The van der Waals surface area contributed by atoms with Gasteiger partial charge in [-0.25, -0.2) is 14.0 Å². The second-order valence-electron chi connectivity index (χ2n) is 6.99. The van der Waals surface area contributed by atoms with Crippen LogP contribution in [0, 0.1) is 11.7 Å². The summed E-state index contributed by atoms with van der Waals surface area (Å²) in [6.45, 7) is 0.983. The van der Waals surface area contributed by atoms with E-state index in [1.54, 1.807) is 36.2 Å². The number of nitrogens with zero attached hydrogens (tertiary/aromatic N) is 1. The van der Waals surface area contributed by atoms with Gasteiger partial charge in [-0.3, -0.25) is 4.79 Å². The summed E-state index contributed by atoms with van der Waals surface area (Å²) >= 11 is 0. The fourth-order valence-corrected chi connectivity index (χ4v) is 3.25. The molecule has 1 heterocycles. The van der Waals surface area contributed by atoms with E-state index in [9.17, 15) is 18.8 Å². The number of halogens is 1. The van der Waals surface area contributed by atoms with Crippen LogP contribution in [0.2, 0.25) is 0 Å². The van der Waals surface area contributed by atoms with Crippen molar-refractivity contribution < 1.29 is 18.8 Å². The van der Waals surface area contributed by atoms with Gasteiger partial charge in [-0.05, 0) is 61.4 Å². The van der Waals surface area contributed by atoms with E-state index in [2.05, 4.69) is 21.3 Å². The molecule has 3 rings (SSSR count). The molecule has 1 saturated heterocycles. The van der Waals surface area contributed by atoms with Gasteiger partial charge < -0.3 is 26.2 Å². The molecular weight excluding hydrogens is 389 g/mol. The third kappa shape index (κ3) is 5.69. The number of amides is 5. The molecule has 1 fully saturated rings. The summed E-state index contributed by atoms with van der Waals surface area (Å²) in [4.78, 5) is 38.0. The van der Waals surface area contributed by atoms with Crippen LogP contribution >= 0.6 is 0 Å². The molecule has 0 aromatic heterocycles. The Hall–Kier alpha value is -3.62. The average Bonchev–Trinajstić information content (AvgIpc) is 2.76. The van der Waals surface area contributed by atoms with Gasteiger partial charge in [0.05, 0.1) is 5.92 Å². The van der Waals surface area contributed by atoms with Crippen molar-refractivity contribution in [2.45, 2.75) is 12.8 Å². The number of piperidine rings is 1. The topological polar surface area (TPSA) is 103 Å². The second kappa shape index (κ2) is 9.73. The molecule has 2 aromatic rings. The third-order valence-corrected chi connectivity index (χ3v) is 4.82. The minimum Gasteiger partial charge on any atom is -0.359 e. The molecule has 2 aromatic carbocycles. The standard InChI is InChI=1S/C21H24FN5O3/c1-23-19(28)14-3-2-12-27(13-14)21(30)26-18-10-8-17(9-11-18)25-20(29)24-16-6-4-15(22)5-7-16/h4-11,14H,2-3,12-13H2,1H3,(H,23,28)(H,26,30)(H2,24,25,29)/t14-/m0/s1. The minimum absolute atomic E-state index is 0.0539. The number of hydrogen-bond acceptors (Lipinski definition) is 3. The maximum Gasteiger partial charge on any atom is 0.323 e. The van der Waals surface area contributed by atoms with Crippen molar-refractivity contribution in [3.8, 4) is 0 Å². The zero-order valence-corrected chi connectivity index (χ0v) is 16.6. The van der Waals surface area contributed by atoms with Gasteiger partial charge in [0.2, 0.25) is 5.91 Å². The van der Waals surface area contributed by atoms with Crippen molar-refractivity contribution in [2.75, 3.05) is 36.1 Å². The first kappa shape index (κ1) is 21.1. The predicted octanol–water partition coefficient (Wildman–Crippen LogP) is 3.46. The van der Waals surface area contributed by atoms with E-state index < -0.39 is 6.03 Å². The first-order chi connectivity index (χ1) is 14.4. The fraction of sp³-hybridized carbons (Fsp3) is 0.286. The smallest absolute Gasteiger partial charge is 0.323 e. The number of nitrogens with one attached hydrogen (secondary N) is 4. The van der Waals surface area contributed by atoms with E-state index in [1.165, 1.54) is 24.3 Å². The zero-order valence-electron chi connectivity index (χ0n) is 16.6. The van der Waals surface area contributed by atoms with E-state index in [0.717, 1.165) is 12.8 Å². The number of benzene rings is 2. The number of carbonyl (C=O) groups excluding carboxylic acids is 3. The second-order valence-corrected chi connectivity index (χ2v) is 6.99. The Kier molecular flexibility index (Phi) is 6.84. The lowest BCUT2D eigenvalue weighted by Crippen LogP contribution is -2.46. The molecule has 30 heavy (non-hydrogen) atoms. The van der Waals surface area contributed by atoms with Crippen LogP contribution in [0.3, 0.4) is 0 Å². The molecule has 158 valence electrons. The van der Waals surface area contributed by atoms with Crippen LogP contribution in [0.5, 0.6) is 0 Å². The molecule has 1 atom stereocenters. The van der Waals surface area contributed by atoms with Gasteiger partial charge >= 0.3 is 12.1 Å². The number of urea groups is 2. The van der Waals surface area contributed by atoms with Crippen LogP contribution in [-0.4, -0.2) is 43.0 Å². The van der Waals surface area contributed by atoms with Crippen LogP contribution in [-0.2, 0) is 4.79 Å². The summed E-state index contributed by atoms with van der Waals surface area (Å²) < 4.78 is 12.9. The monoisotopic (exact) mass is 413 g/mol. The lowest BCUT2D eigenvalue weighted by Gasteiger charge is -2.31. The Labute approximate surface area is 173 Å². The van der Waals surface area contributed by atoms with Crippen molar-refractivity contribution in [3.05, 3.63) is 54.3 Å². The number of rotatable bonds is 4. The molecule has 0 unspecified atom stereocenters. The van der Waals surface area contributed by atoms with Crippen LogP contribution in [0.15, 0.2) is 48.5 Å². The van der Waals surface area contributed by atoms with Crippen LogP contribution < -0.4 is 21.3 Å². The maximum atomic E-state index is 12.9. The first-order valence-corrected chi connectivity index (χ1v) is 9.66. The first-order valence-electron chi connectivity index (χ1n) is 9.66. The summed E-state index contributed by atoms with van der Waals surface area (Å²) in [6, 6.07) is 11.4. The predicted molar refractivity (Wildman–Crippen MR) is 113 cm³/mol. The molecule has 4 N–H and O–H groups in total. The van der Waals surface area contributed by atoms with Gasteiger partial charge in [0, 0.05) is 37.2 Å². The van der Waals surface area contributed by atoms with Crippen LogP contribution in [0.1, 0.15) is 12.8 Å². The van der Waals surface area contributed by atoms with Gasteiger partial charge in [-0.2, -0.15) is 0 Å². The van der Waals surface area contributed by atoms with Crippen molar-refractivity contribution in [2.24, 2.45) is 5.92 Å². The van der Waals surface area contributed by atoms with Gasteiger partial charge in [0.25, 0.3) is 0 Å². The van der Waals surface area contributed by atoms with Crippen molar-refractivity contribution in [1.82, 2.24) is 10.2 Å². The van der Waals surface area contributed by atoms with Gasteiger partial charge in [-0.15, -0.1) is 0 Å². The van der Waals surface area contributed by atoms with E-state index in [0.29, 0.717) is 30.2 Å². The molecule has 0 aliphatic carbocycles. The molecule has 9 heteroatoms. The summed E-state index contributed by atoms with van der Waals surface area (Å²) in [5.74, 6) is -0.630. The van der Waals surface area contributed by atoms with Crippen molar-refractivity contribution >= 4 is 35.0 Å². The highest BCUT2D eigenvalue weighted by atomic mass is 19.1. The Morgan fingerprint density at radius 2 is 1.43 bits per heavy atom. The van der Waals surface area contributed by atoms with Crippen LogP contribution in [0.25, 0.3) is 0 Å². The molecule has 1 aliphatic heterocycles. The van der Waals surface area contributed by atoms with E-state index >= 15 is 0 Å². The van der Waals surface area contributed by atoms with Crippen molar-refractivity contribution in [1.29, 1.82) is 0 Å². The summed E-state index contributed by atoms with van der Waals surface area (Å²) in [7, 11) is 1.59. The summed E-state index contributed by atoms with van der Waals surface area (Å²) in [5, 5.41) is 10.7. The van der Waals surface area contributed by atoms with Gasteiger partial charge in [0.1, 0.15) is 5.82 Å². The summed E-state index contributed by atoms with van der Waals surface area (Å²) in [5.41, 5.74) is 1.58. The van der Waals surface area contributed by atoms with Crippen LogP contribution in [0.4, 0.5) is 31.0 Å². The highest BCUT2D eigenvalue weighted by Gasteiger charge is 2.27. The van der Waals surface area contributed by atoms with E-state index in [1.807, 2.05) is 0 Å². The average molecular weight is 413 g/mol. The molecule has 0 bridgehead atoms. The van der Waals surface area contributed by atoms with E-state index in [-0.39, 0.29) is 23.7 Å². The Morgan fingerprint density at radius 3 is 2.00 bits per heavy atom. The SMILES string of the molecule is CNC(=O)[C@H]1CCCN(C(=O)Nc2ccc(NC(=O)Nc3ccc(F)cc3)cc2)C1. The molecule has 8 nitrogen and oxygen atoms in total. The molecule has 0 saturated carbocycles.